The number of halogens is 1. The van der Waals surface area contributed by atoms with Crippen LogP contribution in [0.4, 0.5) is 0 Å². The second-order valence-corrected chi connectivity index (χ2v) is 6.34. The molecule has 1 atom stereocenters. The van der Waals surface area contributed by atoms with E-state index in [1.165, 1.54) is 6.39 Å². The molecule has 3 rings (SSSR count). The number of carbonyl (C=O) groups excluding carboxylic acids is 1. The molecular weight excluding hydrogens is 352 g/mol. The smallest absolute Gasteiger partial charge is 0.271 e. The quantitative estimate of drug-likeness (QED) is 0.831. The minimum atomic E-state index is -0.325. The number of carbonyl (C=O) groups is 1. The average Bonchev–Trinajstić information content (AvgIpc) is 3.15. The van der Waals surface area contributed by atoms with E-state index < -0.39 is 0 Å². The topological polar surface area (TPSA) is 73.4 Å². The van der Waals surface area contributed by atoms with Crippen molar-refractivity contribution in [3.8, 4) is 0 Å². The van der Waals surface area contributed by atoms with Crippen molar-refractivity contribution in [1.29, 1.82) is 0 Å². The molecule has 8 heteroatoms. The molecule has 22 heavy (non-hydrogen) atoms. The lowest BCUT2D eigenvalue weighted by Crippen LogP contribution is -2.44. The zero-order chi connectivity index (χ0) is 15.7. The second-order valence-electron chi connectivity index (χ2n) is 5.42. The Morgan fingerprint density at radius 2 is 2.32 bits per heavy atom. The molecule has 2 aromatic rings. The van der Waals surface area contributed by atoms with Crippen LogP contribution in [0.5, 0.6) is 0 Å². The molecule has 2 aromatic heterocycles. The van der Waals surface area contributed by atoms with Crippen molar-refractivity contribution in [2.45, 2.75) is 25.9 Å². The number of aromatic nitrogens is 3. The van der Waals surface area contributed by atoms with Gasteiger partial charge in [0.25, 0.3) is 5.91 Å². The average molecular weight is 369 g/mol. The van der Waals surface area contributed by atoms with Crippen LogP contribution >= 0.6 is 15.9 Å². The summed E-state index contributed by atoms with van der Waals surface area (Å²) in [5.41, 5.74) is 0.636. The molecule has 1 aliphatic rings. The van der Waals surface area contributed by atoms with Gasteiger partial charge in [0.2, 0.25) is 6.39 Å². The van der Waals surface area contributed by atoms with Gasteiger partial charge in [0.1, 0.15) is 11.7 Å². The Bertz CT molecular complexity index is 653. The van der Waals surface area contributed by atoms with Gasteiger partial charge < -0.3 is 18.7 Å². The monoisotopic (exact) mass is 368 g/mol. The highest BCUT2D eigenvalue weighted by atomic mass is 79.9. The lowest BCUT2D eigenvalue weighted by atomic mass is 10.2. The zero-order valence-corrected chi connectivity index (χ0v) is 14.0. The van der Waals surface area contributed by atoms with Gasteiger partial charge in [0.05, 0.1) is 13.2 Å². The number of amides is 1. The maximum Gasteiger partial charge on any atom is 0.271 e. The summed E-state index contributed by atoms with van der Waals surface area (Å²) in [4.78, 5) is 18.8. The Morgan fingerprint density at radius 3 is 3.00 bits per heavy atom. The van der Waals surface area contributed by atoms with Crippen molar-refractivity contribution >= 4 is 21.8 Å². The Hall–Kier alpha value is -1.67. The van der Waals surface area contributed by atoms with Crippen LogP contribution in [0, 0.1) is 0 Å². The summed E-state index contributed by atoms with van der Waals surface area (Å²) in [6, 6.07) is 1.70. The van der Waals surface area contributed by atoms with E-state index >= 15 is 0 Å². The fourth-order valence-corrected chi connectivity index (χ4v) is 3.02. The Kier molecular flexibility index (Phi) is 4.30. The summed E-state index contributed by atoms with van der Waals surface area (Å²) >= 11 is 3.44. The number of morpholine rings is 1. The normalized spacial score (nSPS) is 18.9. The van der Waals surface area contributed by atoms with E-state index in [1.54, 1.807) is 4.90 Å². The van der Waals surface area contributed by atoms with E-state index in [0.29, 0.717) is 31.3 Å². The van der Waals surface area contributed by atoms with Gasteiger partial charge in [0, 0.05) is 23.3 Å². The predicted octanol–water partition coefficient (Wildman–Crippen LogP) is 2.43. The van der Waals surface area contributed by atoms with Gasteiger partial charge >= 0.3 is 0 Å². The Labute approximate surface area is 136 Å². The van der Waals surface area contributed by atoms with Gasteiger partial charge in [-0.2, -0.15) is 4.98 Å². The summed E-state index contributed by atoms with van der Waals surface area (Å²) in [5.74, 6) is 0.410. The fourth-order valence-electron chi connectivity index (χ4n) is 2.58. The number of hydrogen-bond donors (Lipinski definition) is 0. The van der Waals surface area contributed by atoms with Gasteiger partial charge in [-0.05, 0) is 35.8 Å². The fraction of sp³-hybridized carbons (Fsp3) is 0.500. The molecule has 1 amide bonds. The molecule has 0 radical (unpaired) electrons. The molecule has 1 fully saturated rings. The third kappa shape index (κ3) is 2.80. The van der Waals surface area contributed by atoms with E-state index in [4.69, 9.17) is 9.26 Å². The summed E-state index contributed by atoms with van der Waals surface area (Å²) in [6.07, 6.45) is 3.18. The van der Waals surface area contributed by atoms with Crippen molar-refractivity contribution in [2.24, 2.45) is 0 Å². The number of nitrogens with zero attached hydrogens (tertiary/aromatic N) is 4. The molecule has 3 heterocycles. The molecule has 7 nitrogen and oxygen atoms in total. The first kappa shape index (κ1) is 15.2. The van der Waals surface area contributed by atoms with Crippen LogP contribution in [-0.4, -0.2) is 45.3 Å². The van der Waals surface area contributed by atoms with E-state index in [2.05, 4.69) is 26.1 Å². The van der Waals surface area contributed by atoms with E-state index in [-0.39, 0.29) is 18.0 Å². The lowest BCUT2D eigenvalue weighted by molar-refractivity contribution is -0.00637. The van der Waals surface area contributed by atoms with Crippen molar-refractivity contribution in [3.05, 3.63) is 34.6 Å². The van der Waals surface area contributed by atoms with Crippen LogP contribution in [0.15, 0.2) is 27.7 Å². The standard InChI is InChI=1S/C14H17BrN4O3/c1-9(2)19-6-10(15)5-11(19)14(20)18-3-4-21-7-12(18)13-16-8-22-17-13/h5-6,8-9,12H,3-4,7H2,1-2H3/t12-/m0/s1. The first-order chi connectivity index (χ1) is 10.6. The molecule has 0 bridgehead atoms. The van der Waals surface area contributed by atoms with E-state index in [9.17, 15) is 4.79 Å². The van der Waals surface area contributed by atoms with Gasteiger partial charge in [-0.25, -0.2) is 0 Å². The van der Waals surface area contributed by atoms with Gasteiger partial charge in [0.15, 0.2) is 5.82 Å². The third-order valence-corrected chi connectivity index (χ3v) is 4.09. The number of hydrogen-bond acceptors (Lipinski definition) is 5. The number of ether oxygens (including phenoxy) is 1. The summed E-state index contributed by atoms with van der Waals surface area (Å²) in [5, 5.41) is 3.85. The third-order valence-electron chi connectivity index (χ3n) is 3.66. The zero-order valence-electron chi connectivity index (χ0n) is 12.4. The lowest BCUT2D eigenvalue weighted by Gasteiger charge is -2.34. The summed E-state index contributed by atoms with van der Waals surface area (Å²) in [6.45, 7) is 5.45. The highest BCUT2D eigenvalue weighted by Crippen LogP contribution is 2.26. The summed E-state index contributed by atoms with van der Waals surface area (Å²) < 4.78 is 13.1. The highest BCUT2D eigenvalue weighted by molar-refractivity contribution is 9.10. The van der Waals surface area contributed by atoms with E-state index in [0.717, 1.165) is 4.47 Å². The SMILES string of the molecule is CC(C)n1cc(Br)cc1C(=O)N1CCOC[C@H]1c1ncon1. The first-order valence-corrected chi connectivity index (χ1v) is 7.89. The van der Waals surface area contributed by atoms with Crippen molar-refractivity contribution in [3.63, 3.8) is 0 Å². The minimum Gasteiger partial charge on any atom is -0.377 e. The molecule has 0 aliphatic carbocycles. The predicted molar refractivity (Wildman–Crippen MR) is 81.4 cm³/mol. The van der Waals surface area contributed by atoms with Crippen LogP contribution in [-0.2, 0) is 4.74 Å². The molecule has 1 aliphatic heterocycles. The summed E-state index contributed by atoms with van der Waals surface area (Å²) in [7, 11) is 0. The van der Waals surface area contributed by atoms with Crippen molar-refractivity contribution in [1.82, 2.24) is 19.6 Å². The molecule has 0 N–H and O–H groups in total. The molecule has 0 spiro atoms. The Morgan fingerprint density at radius 1 is 1.50 bits per heavy atom. The van der Waals surface area contributed by atoms with Crippen LogP contribution < -0.4 is 0 Å². The van der Waals surface area contributed by atoms with Crippen LogP contribution in [0.3, 0.4) is 0 Å². The molecule has 118 valence electrons. The van der Waals surface area contributed by atoms with Gasteiger partial charge in [-0.3, -0.25) is 4.79 Å². The molecule has 1 saturated heterocycles. The minimum absolute atomic E-state index is 0.0579. The maximum atomic E-state index is 13.0. The molecular formula is C14H17BrN4O3. The van der Waals surface area contributed by atoms with Crippen LogP contribution in [0.1, 0.15) is 42.2 Å². The highest BCUT2D eigenvalue weighted by Gasteiger charge is 2.33. The van der Waals surface area contributed by atoms with Gasteiger partial charge in [-0.15, -0.1) is 0 Å². The molecule has 0 unspecified atom stereocenters. The first-order valence-electron chi connectivity index (χ1n) is 7.10. The second kappa shape index (κ2) is 6.21. The molecule has 0 saturated carbocycles. The largest absolute Gasteiger partial charge is 0.377 e. The van der Waals surface area contributed by atoms with Crippen molar-refractivity contribution in [2.75, 3.05) is 19.8 Å². The van der Waals surface area contributed by atoms with Gasteiger partial charge in [-0.1, -0.05) is 5.16 Å². The Balaban J connectivity index is 1.92. The van der Waals surface area contributed by atoms with Crippen molar-refractivity contribution < 1.29 is 14.1 Å². The maximum absolute atomic E-state index is 13.0. The van der Waals surface area contributed by atoms with Crippen LogP contribution in [0.25, 0.3) is 0 Å². The van der Waals surface area contributed by atoms with E-state index in [1.807, 2.05) is 30.7 Å². The molecule has 0 aromatic carbocycles. The van der Waals surface area contributed by atoms with Crippen LogP contribution in [0.2, 0.25) is 0 Å². The number of rotatable bonds is 3.